The topological polar surface area (TPSA) is 68.3 Å². The molecule has 3 rings (SSSR count). The summed E-state index contributed by atoms with van der Waals surface area (Å²) < 4.78 is 17.2. The van der Waals surface area contributed by atoms with Crippen LogP contribution in [0.2, 0.25) is 0 Å². The number of amides is 2. The zero-order valence-electron chi connectivity index (χ0n) is 24.2. The molecule has 0 saturated heterocycles. The number of fused-ring (bicyclic) bond motifs is 1. The molecule has 39 heavy (non-hydrogen) atoms. The molecule has 0 bridgehead atoms. The number of carbonyl (C=O) groups is 2. The van der Waals surface area contributed by atoms with Crippen LogP contribution >= 0.6 is 0 Å². The molecule has 1 heterocycles. The molecule has 0 N–H and O–H groups in total. The smallest absolute Gasteiger partial charge is 0.257 e. The quantitative estimate of drug-likeness (QED) is 0.415. The van der Waals surface area contributed by atoms with Crippen LogP contribution in [0, 0.1) is 5.92 Å². The fraction of sp³-hybridized carbons (Fsp3) is 0.562. The summed E-state index contributed by atoms with van der Waals surface area (Å²) in [5, 5.41) is 0. The molecule has 2 aromatic carbocycles. The largest absolute Gasteiger partial charge is 0.494 e. The molecular weight excluding hydrogens is 492 g/mol. The minimum atomic E-state index is -0.0871. The Bertz CT molecular complexity index is 1020. The van der Waals surface area contributed by atoms with Crippen molar-refractivity contribution >= 4 is 11.8 Å². The van der Waals surface area contributed by atoms with E-state index in [-0.39, 0.29) is 17.9 Å². The molecule has 0 saturated carbocycles. The maximum atomic E-state index is 13.7. The number of hydrogen-bond donors (Lipinski definition) is 0. The summed E-state index contributed by atoms with van der Waals surface area (Å²) in [7, 11) is 1.66. The van der Waals surface area contributed by atoms with E-state index in [1.807, 2.05) is 65.3 Å². The minimum Gasteiger partial charge on any atom is -0.494 e. The van der Waals surface area contributed by atoms with Gasteiger partial charge in [-0.1, -0.05) is 51.0 Å². The average Bonchev–Trinajstić information content (AvgIpc) is 2.93. The maximum absolute atomic E-state index is 13.7. The van der Waals surface area contributed by atoms with Gasteiger partial charge in [-0.2, -0.15) is 0 Å². The van der Waals surface area contributed by atoms with Gasteiger partial charge in [0.15, 0.2) is 0 Å². The third-order valence-electron chi connectivity index (χ3n) is 7.07. The first-order valence-corrected chi connectivity index (χ1v) is 14.4. The Hall–Kier alpha value is -3.06. The summed E-state index contributed by atoms with van der Waals surface area (Å²) in [5.74, 6) is 1.83. The first kappa shape index (κ1) is 30.5. The molecule has 0 radical (unpaired) electrons. The Morgan fingerprint density at radius 3 is 2.44 bits per heavy atom. The van der Waals surface area contributed by atoms with Crippen LogP contribution < -0.4 is 9.47 Å². The number of hydrogen-bond acceptors (Lipinski definition) is 5. The average molecular weight is 539 g/mol. The molecule has 0 unspecified atom stereocenters. The van der Waals surface area contributed by atoms with Crippen molar-refractivity contribution in [2.24, 2.45) is 5.92 Å². The van der Waals surface area contributed by atoms with Crippen LogP contribution in [0.5, 0.6) is 11.5 Å². The van der Waals surface area contributed by atoms with E-state index in [9.17, 15) is 9.59 Å². The van der Waals surface area contributed by atoms with Gasteiger partial charge in [-0.15, -0.1) is 0 Å². The highest BCUT2D eigenvalue weighted by Gasteiger charge is 2.27. The van der Waals surface area contributed by atoms with Crippen molar-refractivity contribution in [1.29, 1.82) is 0 Å². The minimum absolute atomic E-state index is 0.0384. The number of methoxy groups -OCH3 is 1. The van der Waals surface area contributed by atoms with Crippen LogP contribution in [0.1, 0.15) is 68.8 Å². The van der Waals surface area contributed by atoms with Gasteiger partial charge in [0.25, 0.3) is 5.91 Å². The van der Waals surface area contributed by atoms with Crippen LogP contribution in [0.25, 0.3) is 0 Å². The van der Waals surface area contributed by atoms with Crippen molar-refractivity contribution in [3.63, 3.8) is 0 Å². The van der Waals surface area contributed by atoms with E-state index in [4.69, 9.17) is 14.2 Å². The van der Waals surface area contributed by atoms with Crippen LogP contribution in [-0.2, 0) is 16.0 Å². The second-order valence-corrected chi connectivity index (χ2v) is 10.6. The Kier molecular flexibility index (Phi) is 12.6. The van der Waals surface area contributed by atoms with Crippen molar-refractivity contribution in [3.05, 3.63) is 59.7 Å². The second-order valence-electron chi connectivity index (χ2n) is 10.6. The summed E-state index contributed by atoms with van der Waals surface area (Å²) in [6, 6.07) is 15.1. The van der Waals surface area contributed by atoms with Gasteiger partial charge in [0.05, 0.1) is 31.2 Å². The first-order valence-electron chi connectivity index (χ1n) is 14.4. The molecule has 0 aliphatic carbocycles. The maximum Gasteiger partial charge on any atom is 0.257 e. The Morgan fingerprint density at radius 2 is 1.74 bits per heavy atom. The number of rotatable bonds is 9. The summed E-state index contributed by atoms with van der Waals surface area (Å²) in [5.41, 5.74) is 1.53. The Balaban J connectivity index is 1.84. The number of nitrogens with zero attached hydrogens (tertiary/aromatic N) is 2. The molecular formula is C32H46N2O5. The van der Waals surface area contributed by atoms with Gasteiger partial charge in [0.1, 0.15) is 18.1 Å². The van der Waals surface area contributed by atoms with E-state index in [1.54, 1.807) is 7.11 Å². The van der Waals surface area contributed by atoms with E-state index in [2.05, 4.69) is 13.8 Å². The van der Waals surface area contributed by atoms with Gasteiger partial charge in [0.2, 0.25) is 5.91 Å². The number of carbonyl (C=O) groups excluding carboxylic acids is 2. The third kappa shape index (κ3) is 9.57. The standard InChI is InChI=1S/C32H46N2O5/c1-5-38-28-16-14-26(15-17-28)23-31(35)34-19-11-7-6-10-18-33(20-21-37-4)32(36)29-12-8-9-13-30(29)39-24-27(34)22-25(2)3/h8-9,12-17,25,27H,5-7,10-11,18-24H2,1-4H3/t27-/m0/s1. The molecule has 1 atom stereocenters. The zero-order chi connectivity index (χ0) is 28.0. The number of ether oxygens (including phenoxy) is 3. The van der Waals surface area contributed by atoms with Crippen LogP contribution in [0.4, 0.5) is 0 Å². The van der Waals surface area contributed by atoms with Crippen molar-refractivity contribution in [3.8, 4) is 11.5 Å². The van der Waals surface area contributed by atoms with E-state index in [1.165, 1.54) is 0 Å². The highest BCUT2D eigenvalue weighted by molar-refractivity contribution is 5.97. The monoisotopic (exact) mass is 538 g/mol. The summed E-state index contributed by atoms with van der Waals surface area (Å²) in [4.78, 5) is 31.1. The predicted molar refractivity (Wildman–Crippen MR) is 154 cm³/mol. The fourth-order valence-electron chi connectivity index (χ4n) is 5.07. The zero-order valence-corrected chi connectivity index (χ0v) is 24.2. The first-order chi connectivity index (χ1) is 18.9. The van der Waals surface area contributed by atoms with E-state index < -0.39 is 0 Å². The van der Waals surface area contributed by atoms with Crippen molar-refractivity contribution in [1.82, 2.24) is 9.80 Å². The van der Waals surface area contributed by atoms with Gasteiger partial charge in [0, 0.05) is 26.7 Å². The van der Waals surface area contributed by atoms with E-state index in [0.29, 0.717) is 63.1 Å². The van der Waals surface area contributed by atoms with Crippen LogP contribution in [0.15, 0.2) is 48.5 Å². The van der Waals surface area contributed by atoms with Crippen molar-refractivity contribution in [2.45, 2.75) is 65.3 Å². The highest BCUT2D eigenvalue weighted by atomic mass is 16.5. The number of para-hydroxylation sites is 1. The van der Waals surface area contributed by atoms with Crippen molar-refractivity contribution in [2.75, 3.05) is 46.6 Å². The number of benzene rings is 2. The van der Waals surface area contributed by atoms with Crippen LogP contribution in [-0.4, -0.2) is 74.2 Å². The summed E-state index contributed by atoms with van der Waals surface area (Å²) >= 11 is 0. The molecule has 0 fully saturated rings. The predicted octanol–water partition coefficient (Wildman–Crippen LogP) is 5.61. The molecule has 1 aliphatic heterocycles. The highest BCUT2D eigenvalue weighted by Crippen LogP contribution is 2.24. The van der Waals surface area contributed by atoms with Gasteiger partial charge in [-0.05, 0) is 61.9 Å². The van der Waals surface area contributed by atoms with Crippen molar-refractivity contribution < 1.29 is 23.8 Å². The Labute approximate surface area is 234 Å². The lowest BCUT2D eigenvalue weighted by Crippen LogP contribution is -2.46. The second kappa shape index (κ2) is 16.1. The molecule has 7 nitrogen and oxygen atoms in total. The molecule has 7 heteroatoms. The van der Waals surface area contributed by atoms with Gasteiger partial charge < -0.3 is 24.0 Å². The molecule has 0 aromatic heterocycles. The lowest BCUT2D eigenvalue weighted by molar-refractivity contribution is -0.134. The lowest BCUT2D eigenvalue weighted by atomic mass is 10.0. The van der Waals surface area contributed by atoms with Gasteiger partial charge in [-0.3, -0.25) is 9.59 Å². The van der Waals surface area contributed by atoms with E-state index >= 15 is 0 Å². The Morgan fingerprint density at radius 1 is 1.03 bits per heavy atom. The fourth-order valence-corrected chi connectivity index (χ4v) is 5.07. The summed E-state index contributed by atoms with van der Waals surface area (Å²) in [6.07, 6.45) is 5.01. The lowest BCUT2D eigenvalue weighted by Gasteiger charge is -2.34. The molecule has 0 spiro atoms. The summed E-state index contributed by atoms with van der Waals surface area (Å²) in [6.45, 7) is 9.68. The van der Waals surface area contributed by atoms with Gasteiger partial charge >= 0.3 is 0 Å². The SMILES string of the molecule is CCOc1ccc(CC(=O)N2CCCCCCN(CCOC)C(=O)c3ccccc3OC[C@@H]2CC(C)C)cc1. The van der Waals surface area contributed by atoms with E-state index in [0.717, 1.165) is 43.4 Å². The molecule has 2 aromatic rings. The molecule has 1 aliphatic rings. The van der Waals surface area contributed by atoms with Crippen LogP contribution in [0.3, 0.4) is 0 Å². The van der Waals surface area contributed by atoms with Gasteiger partial charge in [-0.25, -0.2) is 0 Å². The normalized spacial score (nSPS) is 17.4. The molecule has 214 valence electrons. The third-order valence-corrected chi connectivity index (χ3v) is 7.07. The molecule has 2 amide bonds.